The van der Waals surface area contributed by atoms with Gasteiger partial charge in [0.1, 0.15) is 17.7 Å². The highest BCUT2D eigenvalue weighted by atomic mass is 16.5. The van der Waals surface area contributed by atoms with Crippen LogP contribution in [-0.4, -0.2) is 67.6 Å². The Hall–Kier alpha value is -3.39. The molecule has 1 N–H and O–H groups in total. The fraction of sp³-hybridized carbons (Fsp3) is 0.345. The average Bonchev–Trinajstić information content (AvgIpc) is 3.30. The van der Waals surface area contributed by atoms with Crippen LogP contribution in [0.25, 0.3) is 33.6 Å². The predicted octanol–water partition coefficient (Wildman–Crippen LogP) is 5.54. The van der Waals surface area contributed by atoms with Crippen molar-refractivity contribution in [3.8, 4) is 28.2 Å². The van der Waals surface area contributed by atoms with Gasteiger partial charge in [-0.05, 0) is 51.7 Å². The summed E-state index contributed by atoms with van der Waals surface area (Å²) in [6.45, 7) is 7.53. The molecule has 2 aromatic carbocycles. The molecule has 188 valence electrons. The van der Waals surface area contributed by atoms with Gasteiger partial charge in [0.2, 0.25) is 5.71 Å². The third-order valence-corrected chi connectivity index (χ3v) is 6.77. The van der Waals surface area contributed by atoms with Gasteiger partial charge in [-0.25, -0.2) is 4.98 Å². The molecule has 7 nitrogen and oxygen atoms in total. The van der Waals surface area contributed by atoms with E-state index in [-0.39, 0.29) is 12.4 Å². The summed E-state index contributed by atoms with van der Waals surface area (Å²) in [6, 6.07) is 20.4. The van der Waals surface area contributed by atoms with Gasteiger partial charge in [-0.15, -0.1) is 0 Å². The van der Waals surface area contributed by atoms with Crippen LogP contribution in [-0.2, 0) is 4.74 Å². The van der Waals surface area contributed by atoms with Gasteiger partial charge in [0.15, 0.2) is 0 Å². The first kappa shape index (κ1) is 24.3. The summed E-state index contributed by atoms with van der Waals surface area (Å²) in [6.07, 6.45) is 1.84. The first-order valence-electron chi connectivity index (χ1n) is 12.5. The summed E-state index contributed by atoms with van der Waals surface area (Å²) in [5.41, 5.74) is 4.56. The van der Waals surface area contributed by atoms with E-state index in [4.69, 9.17) is 13.9 Å². The van der Waals surface area contributed by atoms with Gasteiger partial charge in [0.25, 0.3) is 0 Å². The average molecular weight is 487 g/mol. The maximum atomic E-state index is 6.51. The number of fused-ring (bicyclic) bond motifs is 1. The molecular weight excluding hydrogens is 452 g/mol. The zero-order valence-electron chi connectivity index (χ0n) is 21.4. The highest BCUT2D eigenvalue weighted by molar-refractivity contribution is 6.07. The molecule has 5 rings (SSSR count). The number of para-hydroxylation sites is 1. The maximum absolute atomic E-state index is 6.51. The van der Waals surface area contributed by atoms with Crippen LogP contribution in [0.1, 0.15) is 13.8 Å². The highest BCUT2D eigenvalue weighted by Gasteiger charge is 2.25. The number of rotatable bonds is 8. The van der Waals surface area contributed by atoms with E-state index in [0.717, 1.165) is 65.6 Å². The Morgan fingerprint density at radius 3 is 2.44 bits per heavy atom. The number of nitrogens with zero attached hydrogens (tertiary/aromatic N) is 3. The van der Waals surface area contributed by atoms with Crippen LogP contribution in [0.15, 0.2) is 71.3 Å². The molecule has 2 unspecified atom stereocenters. The Kier molecular flexibility index (Phi) is 7.23. The monoisotopic (exact) mass is 486 g/mol. The molecule has 3 heterocycles. The number of anilines is 1. The van der Waals surface area contributed by atoms with Crippen molar-refractivity contribution < 1.29 is 13.9 Å². The number of aromatic nitrogens is 1. The lowest BCUT2D eigenvalue weighted by atomic mass is 9.98. The summed E-state index contributed by atoms with van der Waals surface area (Å²) >= 11 is 0. The minimum atomic E-state index is -0.0968. The summed E-state index contributed by atoms with van der Waals surface area (Å²) in [7, 11) is 4.00. The molecule has 2 aromatic heterocycles. The second-order valence-electron chi connectivity index (χ2n) is 9.36. The Morgan fingerprint density at radius 1 is 0.972 bits per heavy atom. The Morgan fingerprint density at radius 2 is 1.69 bits per heavy atom. The second-order valence-corrected chi connectivity index (χ2v) is 9.36. The van der Waals surface area contributed by atoms with E-state index in [9.17, 15) is 0 Å². The van der Waals surface area contributed by atoms with Gasteiger partial charge < -0.3 is 19.2 Å². The molecule has 0 bridgehead atoms. The van der Waals surface area contributed by atoms with Crippen molar-refractivity contribution in [1.82, 2.24) is 14.8 Å². The molecule has 7 heteroatoms. The van der Waals surface area contributed by atoms with Gasteiger partial charge in [0.05, 0.1) is 36.0 Å². The van der Waals surface area contributed by atoms with Gasteiger partial charge in [-0.1, -0.05) is 42.5 Å². The van der Waals surface area contributed by atoms with Crippen molar-refractivity contribution in [3.63, 3.8) is 0 Å². The second kappa shape index (κ2) is 10.7. The maximum Gasteiger partial charge on any atom is 0.229 e. The zero-order chi connectivity index (χ0) is 25.1. The van der Waals surface area contributed by atoms with E-state index in [0.29, 0.717) is 5.71 Å². The fourth-order valence-corrected chi connectivity index (χ4v) is 4.54. The van der Waals surface area contributed by atoms with Crippen LogP contribution >= 0.6 is 0 Å². The molecule has 1 aliphatic rings. The van der Waals surface area contributed by atoms with Crippen molar-refractivity contribution in [2.75, 3.05) is 45.7 Å². The number of morpholine rings is 1. The molecule has 36 heavy (non-hydrogen) atoms. The van der Waals surface area contributed by atoms with Gasteiger partial charge in [-0.3, -0.25) is 9.80 Å². The molecule has 1 aliphatic heterocycles. The van der Waals surface area contributed by atoms with E-state index < -0.39 is 0 Å². The van der Waals surface area contributed by atoms with Crippen LogP contribution in [0.4, 0.5) is 5.69 Å². The smallest absolute Gasteiger partial charge is 0.229 e. The van der Waals surface area contributed by atoms with Crippen LogP contribution in [0.2, 0.25) is 0 Å². The van der Waals surface area contributed by atoms with Gasteiger partial charge >= 0.3 is 0 Å². The first-order valence-corrected chi connectivity index (χ1v) is 12.5. The topological polar surface area (TPSA) is 63.0 Å². The fourth-order valence-electron chi connectivity index (χ4n) is 4.54. The Labute approximate surface area is 212 Å². The summed E-state index contributed by atoms with van der Waals surface area (Å²) < 4.78 is 18.4. The molecule has 0 spiro atoms. The van der Waals surface area contributed by atoms with Crippen LogP contribution in [0.3, 0.4) is 0 Å². The third kappa shape index (κ3) is 4.95. The van der Waals surface area contributed by atoms with E-state index >= 15 is 0 Å². The van der Waals surface area contributed by atoms with E-state index in [1.807, 2.05) is 74.4 Å². The lowest BCUT2D eigenvalue weighted by Crippen LogP contribution is -2.45. The molecule has 1 fully saturated rings. The minimum Gasteiger partial charge on any atom is -0.475 e. The van der Waals surface area contributed by atoms with Gasteiger partial charge in [0, 0.05) is 24.8 Å². The summed E-state index contributed by atoms with van der Waals surface area (Å²) in [4.78, 5) is 9.05. The van der Waals surface area contributed by atoms with E-state index in [1.54, 1.807) is 6.20 Å². The van der Waals surface area contributed by atoms with Crippen molar-refractivity contribution >= 4 is 16.8 Å². The molecule has 2 atom stereocenters. The number of benzene rings is 2. The Balaban J connectivity index is 1.65. The summed E-state index contributed by atoms with van der Waals surface area (Å²) in [5.74, 6) is 1.52. The number of furan rings is 1. The zero-order valence-corrected chi connectivity index (χ0v) is 21.4. The van der Waals surface area contributed by atoms with Crippen LogP contribution < -0.4 is 10.1 Å². The standard InChI is InChI=1S/C29H34N4O3/c1-20(33-16-18-34-19-17-33)31-24-14-15-30-29-27(24)26(22-10-6-5-7-11-22)28(36-29)23-12-8-9-13-25(23)35-21(2)32(3)4/h5-15,20-21H,16-19H2,1-4H3,(H,30,31). The van der Waals surface area contributed by atoms with Crippen molar-refractivity contribution in [2.45, 2.75) is 26.2 Å². The SMILES string of the molecule is CC(Oc1ccccc1-c1oc2nccc(NC(C)N3CCOCC3)c2c1-c1ccccc1)N(C)C. The largest absolute Gasteiger partial charge is 0.475 e. The molecule has 0 radical (unpaired) electrons. The predicted molar refractivity (Wildman–Crippen MR) is 144 cm³/mol. The molecule has 0 saturated carbocycles. The number of hydrogen-bond acceptors (Lipinski definition) is 7. The van der Waals surface area contributed by atoms with Crippen LogP contribution in [0, 0.1) is 0 Å². The highest BCUT2D eigenvalue weighted by Crippen LogP contribution is 2.45. The van der Waals surface area contributed by atoms with Crippen molar-refractivity contribution in [3.05, 3.63) is 66.9 Å². The lowest BCUT2D eigenvalue weighted by molar-refractivity contribution is 0.0254. The number of hydrogen-bond donors (Lipinski definition) is 1. The van der Waals surface area contributed by atoms with Crippen molar-refractivity contribution in [1.29, 1.82) is 0 Å². The number of nitrogens with one attached hydrogen (secondary N) is 1. The van der Waals surface area contributed by atoms with Gasteiger partial charge in [-0.2, -0.15) is 0 Å². The molecular formula is C29H34N4O3. The lowest BCUT2D eigenvalue weighted by Gasteiger charge is -2.33. The molecule has 0 amide bonds. The quantitative estimate of drug-likeness (QED) is 0.328. The molecule has 1 saturated heterocycles. The van der Waals surface area contributed by atoms with Crippen molar-refractivity contribution in [2.24, 2.45) is 0 Å². The number of ether oxygens (including phenoxy) is 2. The van der Waals surface area contributed by atoms with Crippen LogP contribution in [0.5, 0.6) is 5.75 Å². The Bertz CT molecular complexity index is 1300. The normalized spacial score (nSPS) is 16.2. The first-order chi connectivity index (χ1) is 17.5. The third-order valence-electron chi connectivity index (χ3n) is 6.77. The van der Waals surface area contributed by atoms with E-state index in [2.05, 4.69) is 34.3 Å². The van der Waals surface area contributed by atoms with E-state index in [1.165, 1.54) is 0 Å². The molecule has 0 aliphatic carbocycles. The number of pyridine rings is 1. The summed E-state index contributed by atoms with van der Waals surface area (Å²) in [5, 5.41) is 4.69. The minimum absolute atomic E-state index is 0.0968. The molecule has 4 aromatic rings.